The summed E-state index contributed by atoms with van der Waals surface area (Å²) in [7, 11) is 2.06. The topological polar surface area (TPSA) is 69.6 Å². The zero-order chi connectivity index (χ0) is 14.8. The van der Waals surface area contributed by atoms with E-state index in [-0.39, 0.29) is 5.56 Å². The van der Waals surface area contributed by atoms with Crippen LogP contribution in [-0.4, -0.2) is 59.2 Å². The number of aromatic carboxylic acids is 1. The lowest BCUT2D eigenvalue weighted by molar-refractivity contribution is 0.0696. The van der Waals surface area contributed by atoms with Crippen molar-refractivity contribution in [3.63, 3.8) is 0 Å². The lowest BCUT2D eigenvalue weighted by Gasteiger charge is -2.33. The molecule has 0 aromatic carbocycles. The number of likely N-dealkylation sites (N-methyl/N-ethyl adjacent to an activating group) is 1. The third kappa shape index (κ3) is 2.88. The van der Waals surface area contributed by atoms with Crippen molar-refractivity contribution in [3.8, 4) is 10.7 Å². The highest BCUT2D eigenvalue weighted by molar-refractivity contribution is 7.13. The summed E-state index contributed by atoms with van der Waals surface area (Å²) < 4.78 is 0. The van der Waals surface area contributed by atoms with Crippen LogP contribution in [0.1, 0.15) is 10.4 Å². The van der Waals surface area contributed by atoms with Crippen LogP contribution in [0, 0.1) is 0 Å². The fourth-order valence-electron chi connectivity index (χ4n) is 2.31. The Morgan fingerprint density at radius 2 is 2.10 bits per heavy atom. The van der Waals surface area contributed by atoms with Crippen LogP contribution in [0.2, 0.25) is 0 Å². The van der Waals surface area contributed by atoms with Crippen LogP contribution in [0.4, 0.5) is 5.82 Å². The van der Waals surface area contributed by atoms with Gasteiger partial charge in [-0.25, -0.2) is 14.8 Å². The Bertz CT molecular complexity index is 636. The van der Waals surface area contributed by atoms with E-state index in [4.69, 9.17) is 0 Å². The van der Waals surface area contributed by atoms with Crippen molar-refractivity contribution in [2.45, 2.75) is 0 Å². The average molecular weight is 304 g/mol. The number of hydrogen-bond donors (Lipinski definition) is 1. The highest BCUT2D eigenvalue weighted by Crippen LogP contribution is 2.26. The minimum absolute atomic E-state index is 0.167. The third-order valence-corrected chi connectivity index (χ3v) is 4.41. The fourth-order valence-corrected chi connectivity index (χ4v) is 2.97. The molecule has 1 saturated heterocycles. The quantitative estimate of drug-likeness (QED) is 0.930. The second kappa shape index (κ2) is 5.79. The first-order valence-corrected chi connectivity index (χ1v) is 7.61. The number of rotatable bonds is 3. The maximum absolute atomic E-state index is 11.4. The molecule has 1 aliphatic rings. The minimum atomic E-state index is -0.985. The number of aromatic nitrogens is 2. The van der Waals surface area contributed by atoms with Crippen molar-refractivity contribution in [1.29, 1.82) is 0 Å². The number of hydrogen-bond acceptors (Lipinski definition) is 6. The Labute approximate surface area is 126 Å². The highest BCUT2D eigenvalue weighted by atomic mass is 32.1. The Balaban J connectivity index is 1.99. The van der Waals surface area contributed by atoms with Crippen LogP contribution in [0.5, 0.6) is 0 Å². The first kappa shape index (κ1) is 14.0. The van der Waals surface area contributed by atoms with Gasteiger partial charge in [0, 0.05) is 32.4 Å². The van der Waals surface area contributed by atoms with E-state index in [9.17, 15) is 9.90 Å². The van der Waals surface area contributed by atoms with Gasteiger partial charge in [-0.05, 0) is 18.5 Å². The fraction of sp³-hybridized carbons (Fsp3) is 0.357. The van der Waals surface area contributed by atoms with Crippen LogP contribution in [0.15, 0.2) is 23.7 Å². The molecule has 0 atom stereocenters. The lowest BCUT2D eigenvalue weighted by Crippen LogP contribution is -2.45. The van der Waals surface area contributed by atoms with Gasteiger partial charge < -0.3 is 14.9 Å². The molecule has 1 fully saturated rings. The largest absolute Gasteiger partial charge is 0.477 e. The molecule has 7 heteroatoms. The van der Waals surface area contributed by atoms with Gasteiger partial charge in [-0.2, -0.15) is 0 Å². The Hall–Kier alpha value is -1.99. The molecule has 0 aliphatic carbocycles. The number of nitrogens with zero attached hydrogens (tertiary/aromatic N) is 4. The molecular formula is C14H16N4O2S. The van der Waals surface area contributed by atoms with E-state index in [0.717, 1.165) is 31.1 Å². The highest BCUT2D eigenvalue weighted by Gasteiger charge is 2.22. The summed E-state index contributed by atoms with van der Waals surface area (Å²) in [5, 5.41) is 11.3. The van der Waals surface area contributed by atoms with Crippen LogP contribution in [0.3, 0.4) is 0 Å². The van der Waals surface area contributed by atoms with Crippen molar-refractivity contribution in [1.82, 2.24) is 14.9 Å². The zero-order valence-electron chi connectivity index (χ0n) is 11.7. The summed E-state index contributed by atoms with van der Waals surface area (Å²) >= 11 is 1.55. The van der Waals surface area contributed by atoms with Crippen molar-refractivity contribution in [2.24, 2.45) is 0 Å². The molecule has 0 unspecified atom stereocenters. The van der Waals surface area contributed by atoms with E-state index in [0.29, 0.717) is 11.6 Å². The molecular weight excluding hydrogens is 288 g/mol. The van der Waals surface area contributed by atoms with Crippen molar-refractivity contribution < 1.29 is 9.90 Å². The molecule has 21 heavy (non-hydrogen) atoms. The minimum Gasteiger partial charge on any atom is -0.477 e. The monoisotopic (exact) mass is 304 g/mol. The third-order valence-electron chi connectivity index (χ3n) is 3.54. The molecule has 6 nitrogen and oxygen atoms in total. The van der Waals surface area contributed by atoms with E-state index < -0.39 is 5.97 Å². The number of carbonyl (C=O) groups is 1. The molecule has 0 saturated carbocycles. The van der Waals surface area contributed by atoms with Crippen LogP contribution < -0.4 is 4.90 Å². The molecule has 110 valence electrons. The number of carboxylic acids is 1. The van der Waals surface area contributed by atoms with Gasteiger partial charge in [0.05, 0.1) is 4.88 Å². The molecule has 0 amide bonds. The van der Waals surface area contributed by atoms with Gasteiger partial charge >= 0.3 is 5.97 Å². The SMILES string of the molecule is CN1CCN(c2nc(-c3cccs3)ncc2C(=O)O)CC1. The Morgan fingerprint density at radius 1 is 1.33 bits per heavy atom. The predicted octanol–water partition coefficient (Wildman–Crippen LogP) is 1.66. The van der Waals surface area contributed by atoms with Crippen molar-refractivity contribution in [2.75, 3.05) is 38.1 Å². The molecule has 2 aromatic rings. The van der Waals surface area contributed by atoms with E-state index >= 15 is 0 Å². The van der Waals surface area contributed by atoms with Gasteiger partial charge in [0.25, 0.3) is 0 Å². The van der Waals surface area contributed by atoms with Crippen LogP contribution in [0.25, 0.3) is 10.7 Å². The van der Waals surface area contributed by atoms with E-state index in [1.807, 2.05) is 22.4 Å². The molecule has 0 bridgehead atoms. The van der Waals surface area contributed by atoms with E-state index in [1.165, 1.54) is 6.20 Å². The average Bonchev–Trinajstić information content (AvgIpc) is 3.01. The van der Waals surface area contributed by atoms with Gasteiger partial charge in [-0.15, -0.1) is 11.3 Å². The normalized spacial score (nSPS) is 16.1. The number of anilines is 1. The molecule has 3 rings (SSSR count). The molecule has 0 radical (unpaired) electrons. The van der Waals surface area contributed by atoms with Crippen LogP contribution >= 0.6 is 11.3 Å². The summed E-state index contributed by atoms with van der Waals surface area (Å²) in [5.74, 6) is 0.125. The number of piperazine rings is 1. The molecule has 2 aromatic heterocycles. The van der Waals surface area contributed by atoms with Gasteiger partial charge in [0.1, 0.15) is 11.4 Å². The van der Waals surface area contributed by atoms with Gasteiger partial charge in [0.2, 0.25) is 0 Å². The second-order valence-corrected chi connectivity index (χ2v) is 5.95. The standard InChI is InChI=1S/C14H16N4O2S/c1-17-4-6-18(7-5-17)13-10(14(19)20)9-15-12(16-13)11-3-2-8-21-11/h2-3,8-9H,4-7H2,1H3,(H,19,20). The number of carboxylic acid groups (broad SMARTS) is 1. The maximum Gasteiger partial charge on any atom is 0.341 e. The van der Waals surface area contributed by atoms with E-state index in [1.54, 1.807) is 11.3 Å². The molecule has 0 spiro atoms. The molecule has 1 N–H and O–H groups in total. The first-order valence-electron chi connectivity index (χ1n) is 6.73. The second-order valence-electron chi connectivity index (χ2n) is 5.00. The van der Waals surface area contributed by atoms with Gasteiger partial charge in [0.15, 0.2) is 5.82 Å². The van der Waals surface area contributed by atoms with Crippen LogP contribution in [-0.2, 0) is 0 Å². The van der Waals surface area contributed by atoms with E-state index in [2.05, 4.69) is 21.9 Å². The van der Waals surface area contributed by atoms with Gasteiger partial charge in [-0.3, -0.25) is 0 Å². The Morgan fingerprint density at radius 3 is 2.71 bits per heavy atom. The lowest BCUT2D eigenvalue weighted by atomic mass is 10.2. The summed E-state index contributed by atoms with van der Waals surface area (Å²) in [6, 6.07) is 3.87. The Kier molecular flexibility index (Phi) is 3.85. The van der Waals surface area contributed by atoms with Crippen molar-refractivity contribution >= 4 is 23.1 Å². The first-order chi connectivity index (χ1) is 10.1. The summed E-state index contributed by atoms with van der Waals surface area (Å²) in [4.78, 5) is 25.3. The maximum atomic E-state index is 11.4. The summed E-state index contributed by atoms with van der Waals surface area (Å²) in [6.07, 6.45) is 1.41. The summed E-state index contributed by atoms with van der Waals surface area (Å²) in [6.45, 7) is 3.35. The van der Waals surface area contributed by atoms with Gasteiger partial charge in [-0.1, -0.05) is 6.07 Å². The van der Waals surface area contributed by atoms with Crippen molar-refractivity contribution in [3.05, 3.63) is 29.3 Å². The molecule has 1 aliphatic heterocycles. The smallest absolute Gasteiger partial charge is 0.341 e. The predicted molar refractivity (Wildman–Crippen MR) is 82.0 cm³/mol. The molecule has 3 heterocycles. The zero-order valence-corrected chi connectivity index (χ0v) is 12.5. The summed E-state index contributed by atoms with van der Waals surface area (Å²) in [5.41, 5.74) is 0.167. The number of thiophene rings is 1.